The summed E-state index contributed by atoms with van der Waals surface area (Å²) in [5.74, 6) is -6.98. The van der Waals surface area contributed by atoms with Gasteiger partial charge in [0.2, 0.25) is 12.6 Å². The van der Waals surface area contributed by atoms with E-state index >= 15 is 0 Å². The molecule has 2 aliphatic rings. The summed E-state index contributed by atoms with van der Waals surface area (Å²) in [4.78, 5) is 96.2. The van der Waals surface area contributed by atoms with E-state index in [4.69, 9.17) is 52.1 Å². The first-order valence-electron chi connectivity index (χ1n) is 14.2. The van der Waals surface area contributed by atoms with Gasteiger partial charge in [0, 0.05) is 55.4 Å². The molecule has 47 heavy (non-hydrogen) atoms. The average Bonchev–Trinajstić information content (AvgIpc) is 2.91. The fraction of sp³-hybridized carbons (Fsp3) is 0.714. The van der Waals surface area contributed by atoms with E-state index in [0.29, 0.717) is 0 Å². The molecule has 0 aromatic heterocycles. The van der Waals surface area contributed by atoms with Crippen molar-refractivity contribution in [1.82, 2.24) is 0 Å². The average molecular weight is 679 g/mol. The largest absolute Gasteiger partial charge is 0.463 e. The molecule has 0 saturated carbocycles. The van der Waals surface area contributed by atoms with Crippen LogP contribution in [0.4, 0.5) is 0 Å². The molecule has 264 valence electrons. The van der Waals surface area contributed by atoms with Gasteiger partial charge in [-0.25, -0.2) is 0 Å². The molecule has 0 aliphatic carbocycles. The third-order valence-electron chi connectivity index (χ3n) is 6.16. The quantitative estimate of drug-likeness (QED) is 0.181. The van der Waals surface area contributed by atoms with E-state index in [-0.39, 0.29) is 0 Å². The molecule has 0 bridgehead atoms. The van der Waals surface area contributed by atoms with E-state index in [2.05, 4.69) is 0 Å². The minimum Gasteiger partial charge on any atom is -0.463 e. The van der Waals surface area contributed by atoms with Gasteiger partial charge in [0.15, 0.2) is 36.6 Å². The maximum atomic E-state index is 12.2. The normalized spacial score (nSPS) is 30.0. The van der Waals surface area contributed by atoms with Gasteiger partial charge in [-0.05, 0) is 0 Å². The fourth-order valence-corrected chi connectivity index (χ4v) is 4.73. The third-order valence-corrected chi connectivity index (χ3v) is 6.16. The van der Waals surface area contributed by atoms with E-state index in [1.165, 1.54) is 0 Å². The highest BCUT2D eigenvalue weighted by Gasteiger charge is 2.57. The van der Waals surface area contributed by atoms with Gasteiger partial charge in [0.1, 0.15) is 25.4 Å². The van der Waals surface area contributed by atoms with Crippen LogP contribution in [-0.2, 0) is 90.5 Å². The third kappa shape index (κ3) is 12.1. The molecule has 2 rings (SSSR count). The van der Waals surface area contributed by atoms with E-state index in [1.807, 2.05) is 0 Å². The van der Waals surface area contributed by atoms with Crippen LogP contribution in [-0.4, -0.2) is 122 Å². The molecule has 2 saturated heterocycles. The number of hydrogen-bond donors (Lipinski definition) is 0. The zero-order valence-corrected chi connectivity index (χ0v) is 26.9. The molecule has 0 N–H and O–H groups in total. The highest BCUT2D eigenvalue weighted by Crippen LogP contribution is 2.35. The Balaban J connectivity index is 2.69. The van der Waals surface area contributed by atoms with Gasteiger partial charge in [-0.2, -0.15) is 0 Å². The minimum absolute atomic E-state index is 0.587. The maximum Gasteiger partial charge on any atom is 0.303 e. The summed E-state index contributed by atoms with van der Waals surface area (Å²) in [6, 6.07) is 0. The highest BCUT2D eigenvalue weighted by atomic mass is 16.8. The molecule has 0 radical (unpaired) electrons. The lowest BCUT2D eigenvalue weighted by Crippen LogP contribution is -2.66. The van der Waals surface area contributed by atoms with Crippen molar-refractivity contribution < 1.29 is 90.5 Å². The highest BCUT2D eigenvalue weighted by molar-refractivity contribution is 5.70. The van der Waals surface area contributed by atoms with Crippen molar-refractivity contribution in [2.45, 2.75) is 117 Å². The summed E-state index contributed by atoms with van der Waals surface area (Å²) in [5.41, 5.74) is 0. The number of carbonyl (C=O) groups is 8. The van der Waals surface area contributed by atoms with Crippen LogP contribution < -0.4 is 0 Å². The molecule has 0 unspecified atom stereocenters. The number of esters is 8. The molecule has 0 spiro atoms. The number of carbonyl (C=O) groups excluding carboxylic acids is 8. The maximum absolute atomic E-state index is 12.2. The van der Waals surface area contributed by atoms with Gasteiger partial charge in [0.05, 0.1) is 0 Å². The Bertz CT molecular complexity index is 1110. The summed E-state index contributed by atoms with van der Waals surface area (Å²) in [5, 5.41) is 0. The molecule has 0 amide bonds. The van der Waals surface area contributed by atoms with Gasteiger partial charge in [-0.3, -0.25) is 38.4 Å². The van der Waals surface area contributed by atoms with Crippen molar-refractivity contribution in [3.63, 3.8) is 0 Å². The van der Waals surface area contributed by atoms with E-state index in [0.717, 1.165) is 55.4 Å². The van der Waals surface area contributed by atoms with Gasteiger partial charge in [-0.15, -0.1) is 0 Å². The molecule has 10 atom stereocenters. The second-order valence-corrected chi connectivity index (χ2v) is 10.3. The first-order chi connectivity index (χ1) is 21.9. The molecule has 2 heterocycles. The minimum atomic E-state index is -1.84. The molecule has 2 aliphatic heterocycles. The van der Waals surface area contributed by atoms with Crippen LogP contribution in [0.3, 0.4) is 0 Å². The van der Waals surface area contributed by atoms with Crippen molar-refractivity contribution in [1.29, 1.82) is 0 Å². The van der Waals surface area contributed by atoms with Crippen LogP contribution >= 0.6 is 0 Å². The van der Waals surface area contributed by atoms with Crippen molar-refractivity contribution >= 4 is 47.8 Å². The lowest BCUT2D eigenvalue weighted by atomic mass is 9.96. The van der Waals surface area contributed by atoms with E-state index in [1.54, 1.807) is 0 Å². The van der Waals surface area contributed by atoms with Crippen molar-refractivity contribution in [2.75, 3.05) is 13.2 Å². The van der Waals surface area contributed by atoms with Gasteiger partial charge in [-0.1, -0.05) is 0 Å². The van der Waals surface area contributed by atoms with Crippen LogP contribution in [0, 0.1) is 0 Å². The molecule has 2 fully saturated rings. The zero-order chi connectivity index (χ0) is 35.6. The number of rotatable bonds is 12. The molecule has 0 aromatic rings. The number of hydrogen-bond acceptors (Lipinski definition) is 19. The van der Waals surface area contributed by atoms with Crippen molar-refractivity contribution in [3.8, 4) is 0 Å². The summed E-state index contributed by atoms with van der Waals surface area (Å²) in [6.07, 6.45) is -16.3. The lowest BCUT2D eigenvalue weighted by Gasteiger charge is -2.48. The lowest BCUT2D eigenvalue weighted by molar-refractivity contribution is -0.377. The Hall–Kier alpha value is -4.36. The Morgan fingerprint density at radius 1 is 0.383 bits per heavy atom. The van der Waals surface area contributed by atoms with Crippen LogP contribution in [0.1, 0.15) is 55.4 Å². The Morgan fingerprint density at radius 3 is 0.894 bits per heavy atom. The van der Waals surface area contributed by atoms with Crippen LogP contribution in [0.5, 0.6) is 0 Å². The second kappa shape index (κ2) is 17.5. The second-order valence-electron chi connectivity index (χ2n) is 10.3. The van der Waals surface area contributed by atoms with Crippen molar-refractivity contribution in [2.24, 2.45) is 0 Å². The van der Waals surface area contributed by atoms with Crippen LogP contribution in [0.2, 0.25) is 0 Å². The smallest absolute Gasteiger partial charge is 0.303 e. The van der Waals surface area contributed by atoms with Gasteiger partial charge in [0.25, 0.3) is 0 Å². The predicted molar refractivity (Wildman–Crippen MR) is 145 cm³/mol. The summed E-state index contributed by atoms with van der Waals surface area (Å²) in [6.45, 7) is 7.10. The molecular formula is C28H38O19. The van der Waals surface area contributed by atoms with Crippen LogP contribution in [0.15, 0.2) is 0 Å². The van der Waals surface area contributed by atoms with Crippen LogP contribution in [0.25, 0.3) is 0 Å². The Kier molecular flexibility index (Phi) is 14.5. The Labute approximate surface area is 268 Å². The Morgan fingerprint density at radius 2 is 0.638 bits per heavy atom. The first-order valence-corrected chi connectivity index (χ1v) is 14.2. The van der Waals surface area contributed by atoms with E-state index < -0.39 is 122 Å². The summed E-state index contributed by atoms with van der Waals surface area (Å²) < 4.78 is 60.1. The predicted octanol–water partition coefficient (Wildman–Crippen LogP) is -0.831. The first kappa shape index (κ1) is 38.8. The van der Waals surface area contributed by atoms with E-state index in [9.17, 15) is 38.4 Å². The fourth-order valence-electron chi connectivity index (χ4n) is 4.73. The van der Waals surface area contributed by atoms with Gasteiger partial charge >= 0.3 is 47.8 Å². The SMILES string of the molecule is CC(=O)OC[C@@H]1O[C@@H](O[C@H]2O[C@@H](COC(C)=O)[C@@H](OC(C)=O)[C@@H](OC(C)=O)[C@H]2OC(C)=O)[C@@H](OC(C)=O)[C@@H](OC(C)=O)[C@H]1OC(C)=O. The number of ether oxygens (including phenoxy) is 11. The summed E-state index contributed by atoms with van der Waals surface area (Å²) in [7, 11) is 0. The molecule has 0 aromatic carbocycles. The molecule has 19 heteroatoms. The molecule has 19 nitrogen and oxygen atoms in total. The van der Waals surface area contributed by atoms with Crippen molar-refractivity contribution in [3.05, 3.63) is 0 Å². The monoisotopic (exact) mass is 678 g/mol. The molecular weight excluding hydrogens is 640 g/mol. The van der Waals surface area contributed by atoms with Gasteiger partial charge < -0.3 is 52.1 Å². The summed E-state index contributed by atoms with van der Waals surface area (Å²) >= 11 is 0. The topological polar surface area (TPSA) is 238 Å². The standard InChI is InChI=1S/C28H38O19/c1-11(29)37-9-19-21(39-13(3)31)23(41-15(5)33)25(43-17(7)35)27(45-19)47-28-26(44-18(8)36)24(42-16(6)34)22(40-14(4)32)20(46-28)10-38-12(2)30/h19-28H,9-10H2,1-8H3/t19-,20-,21-,22+,23-,24+,25-,26+,27-,28+/m0/s1. The zero-order valence-electron chi connectivity index (χ0n) is 26.9.